The second-order valence-electron chi connectivity index (χ2n) is 1.68. The summed E-state index contributed by atoms with van der Waals surface area (Å²) in [4.78, 5) is 4.43. The van der Waals surface area contributed by atoms with Crippen molar-refractivity contribution in [1.82, 2.24) is 0 Å². The van der Waals surface area contributed by atoms with E-state index < -0.39 is 11.8 Å². The third-order valence-corrected chi connectivity index (χ3v) is 1.03. The highest BCUT2D eigenvalue weighted by atomic mass is 19.1. The van der Waals surface area contributed by atoms with E-state index in [0.717, 1.165) is 18.3 Å². The molecule has 1 heterocycles. The first-order valence-corrected chi connectivity index (χ1v) is 2.65. The number of hydrogen-bond donors (Lipinski definition) is 0. The Labute approximate surface area is 56.6 Å². The maximum atomic E-state index is 12.4. The van der Waals surface area contributed by atoms with Crippen LogP contribution < -0.4 is 9.57 Å². The Hall–Kier alpha value is -1.19. The molecule has 0 saturated carbocycles. The van der Waals surface area contributed by atoms with E-state index >= 15 is 0 Å². The van der Waals surface area contributed by atoms with Crippen LogP contribution in [-0.2, 0) is 0 Å². The van der Waals surface area contributed by atoms with Gasteiger partial charge in [0, 0.05) is 10.8 Å². The zero-order valence-corrected chi connectivity index (χ0v) is 5.34. The van der Waals surface area contributed by atoms with Crippen molar-refractivity contribution in [2.45, 2.75) is 0 Å². The van der Waals surface area contributed by atoms with Crippen molar-refractivity contribution in [3.8, 4) is 0 Å². The number of rotatable bonds is 1. The van der Waals surface area contributed by atoms with Crippen LogP contribution in [0.15, 0.2) is 18.3 Å². The van der Waals surface area contributed by atoms with Gasteiger partial charge in [-0.05, 0) is 6.07 Å². The van der Waals surface area contributed by atoms with Crippen molar-refractivity contribution < 1.29 is 18.3 Å². The quantitative estimate of drug-likeness (QED) is 0.410. The molecule has 0 aromatic carbocycles. The van der Waals surface area contributed by atoms with E-state index in [2.05, 4.69) is 4.84 Å². The first kappa shape index (κ1) is 6.92. The lowest BCUT2D eigenvalue weighted by Gasteiger charge is -1.89. The highest BCUT2D eigenvalue weighted by Crippen LogP contribution is 1.92. The molecule has 0 saturated heterocycles. The molecule has 0 radical (unpaired) electrons. The van der Waals surface area contributed by atoms with Crippen molar-refractivity contribution in [1.29, 1.82) is 0 Å². The predicted molar refractivity (Wildman–Crippen MR) is 29.1 cm³/mol. The molecular weight excluding hydrogens is 140 g/mol. The summed E-state index contributed by atoms with van der Waals surface area (Å²) in [6.07, 6.45) is 0.912. The third-order valence-electron chi connectivity index (χ3n) is 1.03. The average molecular weight is 146 g/mol. The molecule has 0 bridgehead atoms. The molecule has 0 aliphatic heterocycles. The van der Waals surface area contributed by atoms with Gasteiger partial charge in [0.1, 0.15) is 7.11 Å². The predicted octanol–water partition coefficient (Wildman–Crippen LogP) is 0.311. The largest absolute Gasteiger partial charge is 0.408 e. The van der Waals surface area contributed by atoms with Crippen molar-refractivity contribution in [3.63, 3.8) is 0 Å². The normalized spacial score (nSPS) is 9.50. The van der Waals surface area contributed by atoms with Gasteiger partial charge < -0.3 is 0 Å². The van der Waals surface area contributed by atoms with Crippen LogP contribution >= 0.6 is 0 Å². The van der Waals surface area contributed by atoms with Crippen LogP contribution in [0.5, 0.6) is 0 Å². The summed E-state index contributed by atoms with van der Waals surface area (Å²) in [6, 6.07) is 2.00. The van der Waals surface area contributed by atoms with Gasteiger partial charge >= 0.3 is 5.95 Å². The summed E-state index contributed by atoms with van der Waals surface area (Å²) in [6.45, 7) is 0. The molecule has 0 aliphatic carbocycles. The molecule has 0 aliphatic rings. The Kier molecular flexibility index (Phi) is 1.80. The van der Waals surface area contributed by atoms with Gasteiger partial charge in [0.25, 0.3) is 6.20 Å². The minimum atomic E-state index is -0.635. The molecule has 0 spiro atoms. The standard InChI is InChI=1S/C6H6F2NO/c1-10-9-4-5(7)2-3-6(9)8/h2-4H,1H3/q+1. The van der Waals surface area contributed by atoms with Crippen LogP contribution in [0.1, 0.15) is 0 Å². The van der Waals surface area contributed by atoms with E-state index in [1.807, 2.05) is 0 Å². The summed E-state index contributed by atoms with van der Waals surface area (Å²) in [7, 11) is 1.25. The van der Waals surface area contributed by atoms with E-state index in [4.69, 9.17) is 0 Å². The first-order chi connectivity index (χ1) is 4.74. The lowest BCUT2D eigenvalue weighted by atomic mass is 10.5. The molecule has 10 heavy (non-hydrogen) atoms. The molecule has 0 N–H and O–H groups in total. The Bertz CT molecular complexity index is 239. The zero-order valence-electron chi connectivity index (χ0n) is 5.34. The smallest absolute Gasteiger partial charge is 0.272 e. The van der Waals surface area contributed by atoms with E-state index in [1.54, 1.807) is 0 Å². The van der Waals surface area contributed by atoms with Crippen molar-refractivity contribution >= 4 is 0 Å². The molecule has 4 heteroatoms. The molecule has 1 rings (SSSR count). The minimum Gasteiger partial charge on any atom is -0.272 e. The third kappa shape index (κ3) is 1.21. The van der Waals surface area contributed by atoms with Gasteiger partial charge in [0.05, 0.1) is 0 Å². The molecule has 0 unspecified atom stereocenters. The maximum absolute atomic E-state index is 12.4. The Balaban J connectivity index is 3.09. The number of aromatic nitrogens is 1. The van der Waals surface area contributed by atoms with Gasteiger partial charge in [-0.2, -0.15) is 0 Å². The Morgan fingerprint density at radius 1 is 1.40 bits per heavy atom. The van der Waals surface area contributed by atoms with E-state index in [-0.39, 0.29) is 0 Å². The Morgan fingerprint density at radius 3 is 2.60 bits per heavy atom. The number of pyridine rings is 1. The summed E-state index contributed by atoms with van der Waals surface area (Å²) in [5.41, 5.74) is 0. The fraction of sp³-hybridized carbons (Fsp3) is 0.167. The Morgan fingerprint density at radius 2 is 2.10 bits per heavy atom. The van der Waals surface area contributed by atoms with E-state index in [0.29, 0.717) is 4.73 Å². The van der Waals surface area contributed by atoms with Crippen LogP contribution in [0, 0.1) is 11.8 Å². The lowest BCUT2D eigenvalue weighted by Crippen LogP contribution is -2.44. The summed E-state index contributed by atoms with van der Waals surface area (Å²) in [5, 5.41) is 0. The number of halogens is 2. The molecule has 0 atom stereocenters. The van der Waals surface area contributed by atoms with Crippen molar-refractivity contribution in [3.05, 3.63) is 30.1 Å². The average Bonchev–Trinajstić information content (AvgIpc) is 1.94. The first-order valence-electron chi connectivity index (χ1n) is 2.65. The van der Waals surface area contributed by atoms with E-state index in [9.17, 15) is 8.78 Å². The summed E-state index contributed by atoms with van der Waals surface area (Å²) >= 11 is 0. The van der Waals surface area contributed by atoms with Gasteiger partial charge in [-0.15, -0.1) is 4.39 Å². The van der Waals surface area contributed by atoms with Gasteiger partial charge in [0.15, 0.2) is 5.82 Å². The van der Waals surface area contributed by atoms with Gasteiger partial charge in [-0.3, -0.25) is 4.84 Å². The molecular formula is C6H6F2NO+. The lowest BCUT2D eigenvalue weighted by molar-refractivity contribution is -0.905. The van der Waals surface area contributed by atoms with Crippen LogP contribution in [-0.4, -0.2) is 7.11 Å². The van der Waals surface area contributed by atoms with Crippen LogP contribution in [0.25, 0.3) is 0 Å². The zero-order chi connectivity index (χ0) is 7.56. The maximum Gasteiger partial charge on any atom is 0.408 e. The SMILES string of the molecule is CO[n+]1cc(F)ccc1F. The van der Waals surface area contributed by atoms with Gasteiger partial charge in [-0.1, -0.05) is 0 Å². The molecule has 2 nitrogen and oxygen atoms in total. The van der Waals surface area contributed by atoms with E-state index in [1.165, 1.54) is 7.11 Å². The van der Waals surface area contributed by atoms with Crippen molar-refractivity contribution in [2.75, 3.05) is 7.11 Å². The topological polar surface area (TPSA) is 13.1 Å². The minimum absolute atomic E-state index is 0.539. The molecule has 0 amide bonds. The van der Waals surface area contributed by atoms with Gasteiger partial charge in [0.2, 0.25) is 0 Å². The second kappa shape index (κ2) is 2.60. The number of hydrogen-bond acceptors (Lipinski definition) is 1. The summed E-state index contributed by atoms with van der Waals surface area (Å²) in [5.74, 6) is -1.17. The molecule has 1 aromatic heterocycles. The monoisotopic (exact) mass is 146 g/mol. The van der Waals surface area contributed by atoms with Crippen LogP contribution in [0.4, 0.5) is 8.78 Å². The second-order valence-corrected chi connectivity index (χ2v) is 1.68. The highest BCUT2D eigenvalue weighted by Gasteiger charge is 2.10. The van der Waals surface area contributed by atoms with Crippen LogP contribution in [0.2, 0.25) is 0 Å². The molecule has 54 valence electrons. The van der Waals surface area contributed by atoms with Gasteiger partial charge in [-0.25, -0.2) is 4.39 Å². The molecule has 1 aromatic rings. The highest BCUT2D eigenvalue weighted by molar-refractivity contribution is 4.89. The van der Waals surface area contributed by atoms with Crippen molar-refractivity contribution in [2.24, 2.45) is 0 Å². The fourth-order valence-electron chi connectivity index (χ4n) is 0.578. The fourth-order valence-corrected chi connectivity index (χ4v) is 0.578. The number of nitrogens with zero attached hydrogens (tertiary/aromatic N) is 1. The van der Waals surface area contributed by atoms with Crippen LogP contribution in [0.3, 0.4) is 0 Å². The summed E-state index contributed by atoms with van der Waals surface area (Å²) < 4.78 is 25.4. The molecule has 0 fully saturated rings.